The van der Waals surface area contributed by atoms with E-state index in [4.69, 9.17) is 23.2 Å². The number of carbonyl (C=O) groups is 1. The summed E-state index contributed by atoms with van der Waals surface area (Å²) in [4.78, 5) is 16.8. The summed E-state index contributed by atoms with van der Waals surface area (Å²) in [5, 5.41) is 13.6. The fourth-order valence-electron chi connectivity index (χ4n) is 2.76. The average Bonchev–Trinajstić information content (AvgIpc) is 3.29. The van der Waals surface area contributed by atoms with E-state index in [2.05, 4.69) is 20.5 Å². The first-order valence-electron chi connectivity index (χ1n) is 8.72. The van der Waals surface area contributed by atoms with Gasteiger partial charge in [-0.1, -0.05) is 58.4 Å². The molecule has 1 N–H and O–H groups in total. The van der Waals surface area contributed by atoms with Crippen molar-refractivity contribution >= 4 is 67.6 Å². The van der Waals surface area contributed by atoms with Crippen molar-refractivity contribution in [2.75, 3.05) is 11.1 Å². The minimum absolute atomic E-state index is 0.147. The number of carbonyl (C=O) groups excluding carboxylic acids is 1. The number of para-hydroxylation sites is 1. The molecule has 148 valence electrons. The molecule has 0 fully saturated rings. The van der Waals surface area contributed by atoms with E-state index in [1.54, 1.807) is 12.1 Å². The number of fused-ring (bicyclic) bond motifs is 1. The van der Waals surface area contributed by atoms with Crippen LogP contribution in [-0.4, -0.2) is 31.4 Å². The molecular weight excluding hydrogens is 449 g/mol. The van der Waals surface area contributed by atoms with Crippen molar-refractivity contribution in [1.29, 1.82) is 0 Å². The second kappa shape index (κ2) is 8.71. The molecule has 0 aliphatic rings. The number of benzene rings is 2. The Kier molecular flexibility index (Phi) is 6.05. The smallest absolute Gasteiger partial charge is 0.236 e. The van der Waals surface area contributed by atoms with Crippen molar-refractivity contribution in [3.8, 4) is 11.4 Å². The summed E-state index contributed by atoms with van der Waals surface area (Å²) in [6.07, 6.45) is 0. The molecule has 0 bridgehead atoms. The fourth-order valence-corrected chi connectivity index (χ4v) is 4.94. The first-order chi connectivity index (χ1) is 14.0. The highest BCUT2D eigenvalue weighted by molar-refractivity contribution is 7.99. The van der Waals surface area contributed by atoms with Gasteiger partial charge in [0.05, 0.1) is 21.0 Å². The number of hydrogen-bond acceptors (Lipinski definition) is 6. The van der Waals surface area contributed by atoms with E-state index < -0.39 is 0 Å². The lowest BCUT2D eigenvalue weighted by atomic mass is 10.2. The summed E-state index contributed by atoms with van der Waals surface area (Å²) < 4.78 is 2.95. The lowest BCUT2D eigenvalue weighted by Gasteiger charge is -2.08. The van der Waals surface area contributed by atoms with Crippen LogP contribution in [0.25, 0.3) is 21.6 Å². The zero-order valence-electron chi connectivity index (χ0n) is 15.2. The SMILES string of the molecule is CCn1c(SCC(=O)Nc2nc3ccccc3s2)nnc1-c1ccc(Cl)cc1Cl. The van der Waals surface area contributed by atoms with Crippen LogP contribution in [0.15, 0.2) is 47.6 Å². The molecule has 0 saturated carbocycles. The van der Waals surface area contributed by atoms with E-state index in [0.29, 0.717) is 32.7 Å². The van der Waals surface area contributed by atoms with Crippen molar-refractivity contribution < 1.29 is 4.79 Å². The Bertz CT molecular complexity index is 1160. The maximum Gasteiger partial charge on any atom is 0.236 e. The molecule has 2 heterocycles. The molecule has 2 aromatic carbocycles. The summed E-state index contributed by atoms with van der Waals surface area (Å²) in [6.45, 7) is 2.63. The summed E-state index contributed by atoms with van der Waals surface area (Å²) >= 11 is 15.1. The van der Waals surface area contributed by atoms with Crippen LogP contribution in [0.5, 0.6) is 0 Å². The third-order valence-electron chi connectivity index (χ3n) is 4.08. The van der Waals surface area contributed by atoms with Gasteiger partial charge in [0, 0.05) is 17.1 Å². The Hall–Kier alpha value is -2.13. The van der Waals surface area contributed by atoms with Crippen LogP contribution in [0.3, 0.4) is 0 Å². The van der Waals surface area contributed by atoms with Gasteiger partial charge in [-0.05, 0) is 37.3 Å². The average molecular weight is 464 g/mol. The van der Waals surface area contributed by atoms with Crippen molar-refractivity contribution in [2.45, 2.75) is 18.6 Å². The molecular formula is C19H15Cl2N5OS2. The normalized spacial score (nSPS) is 11.1. The summed E-state index contributed by atoms with van der Waals surface area (Å²) in [6, 6.07) is 13.0. The van der Waals surface area contributed by atoms with E-state index in [9.17, 15) is 4.79 Å². The van der Waals surface area contributed by atoms with Crippen LogP contribution in [0.4, 0.5) is 5.13 Å². The third kappa shape index (κ3) is 4.40. The minimum Gasteiger partial charge on any atom is -0.302 e. The van der Waals surface area contributed by atoms with Crippen molar-refractivity contribution in [3.05, 3.63) is 52.5 Å². The molecule has 0 radical (unpaired) electrons. The largest absolute Gasteiger partial charge is 0.302 e. The minimum atomic E-state index is -0.147. The van der Waals surface area contributed by atoms with E-state index in [-0.39, 0.29) is 11.7 Å². The number of anilines is 1. The highest BCUT2D eigenvalue weighted by atomic mass is 35.5. The second-order valence-corrected chi connectivity index (χ2v) is 8.81. The molecule has 0 atom stereocenters. The van der Waals surface area contributed by atoms with Crippen LogP contribution in [0.2, 0.25) is 10.0 Å². The maximum absolute atomic E-state index is 12.4. The van der Waals surface area contributed by atoms with Gasteiger partial charge in [0.25, 0.3) is 0 Å². The lowest BCUT2D eigenvalue weighted by molar-refractivity contribution is -0.113. The summed E-state index contributed by atoms with van der Waals surface area (Å²) in [7, 11) is 0. The fraction of sp³-hybridized carbons (Fsp3) is 0.158. The van der Waals surface area contributed by atoms with Gasteiger partial charge in [-0.15, -0.1) is 10.2 Å². The highest BCUT2D eigenvalue weighted by Gasteiger charge is 2.17. The molecule has 4 rings (SSSR count). The monoisotopic (exact) mass is 463 g/mol. The second-order valence-electron chi connectivity index (χ2n) is 6.00. The van der Waals surface area contributed by atoms with Crippen LogP contribution < -0.4 is 5.32 Å². The molecule has 0 unspecified atom stereocenters. The molecule has 0 aliphatic carbocycles. The first kappa shape index (κ1) is 20.2. The van der Waals surface area contributed by atoms with Gasteiger partial charge in [0.2, 0.25) is 5.91 Å². The molecule has 0 aliphatic heterocycles. The van der Waals surface area contributed by atoms with Crippen LogP contribution in [-0.2, 0) is 11.3 Å². The van der Waals surface area contributed by atoms with Crippen molar-refractivity contribution in [3.63, 3.8) is 0 Å². The third-order valence-corrected chi connectivity index (χ3v) is 6.54. The van der Waals surface area contributed by atoms with Crippen LogP contribution >= 0.6 is 46.3 Å². The molecule has 6 nitrogen and oxygen atoms in total. The quantitative estimate of drug-likeness (QED) is 0.376. The zero-order valence-corrected chi connectivity index (χ0v) is 18.4. The van der Waals surface area contributed by atoms with Gasteiger partial charge in [-0.2, -0.15) is 0 Å². The van der Waals surface area contributed by atoms with Gasteiger partial charge in [0.15, 0.2) is 16.1 Å². The molecule has 4 aromatic rings. The van der Waals surface area contributed by atoms with E-state index in [0.717, 1.165) is 15.8 Å². The predicted octanol–water partition coefficient (Wildman–Crippen LogP) is 5.61. The molecule has 29 heavy (non-hydrogen) atoms. The van der Waals surface area contributed by atoms with E-state index in [1.807, 2.05) is 41.8 Å². The Balaban J connectivity index is 1.46. The molecule has 2 aromatic heterocycles. The Morgan fingerprint density at radius 3 is 2.79 bits per heavy atom. The summed E-state index contributed by atoms with van der Waals surface area (Å²) in [5.41, 5.74) is 1.62. The topological polar surface area (TPSA) is 72.7 Å². The zero-order chi connectivity index (χ0) is 20.4. The molecule has 0 saturated heterocycles. The number of thioether (sulfide) groups is 1. The number of nitrogens with one attached hydrogen (secondary N) is 1. The number of rotatable bonds is 6. The van der Waals surface area contributed by atoms with Crippen LogP contribution in [0, 0.1) is 0 Å². The number of aromatic nitrogens is 4. The molecule has 1 amide bonds. The number of amides is 1. The van der Waals surface area contributed by atoms with Crippen molar-refractivity contribution in [2.24, 2.45) is 0 Å². The number of halogens is 2. The highest BCUT2D eigenvalue weighted by Crippen LogP contribution is 2.31. The number of thiazole rings is 1. The van der Waals surface area contributed by atoms with Gasteiger partial charge in [0.1, 0.15) is 0 Å². The van der Waals surface area contributed by atoms with Gasteiger partial charge < -0.3 is 9.88 Å². The maximum atomic E-state index is 12.4. The number of nitrogens with zero attached hydrogens (tertiary/aromatic N) is 4. The summed E-state index contributed by atoms with van der Waals surface area (Å²) in [5.74, 6) is 0.691. The van der Waals surface area contributed by atoms with Gasteiger partial charge in [-0.3, -0.25) is 4.79 Å². The van der Waals surface area contributed by atoms with Crippen LogP contribution in [0.1, 0.15) is 6.92 Å². The number of hydrogen-bond donors (Lipinski definition) is 1. The lowest BCUT2D eigenvalue weighted by Crippen LogP contribution is -2.14. The predicted molar refractivity (Wildman–Crippen MR) is 120 cm³/mol. The van der Waals surface area contributed by atoms with Gasteiger partial charge >= 0.3 is 0 Å². The standard InChI is InChI=1S/C19H15Cl2N5OS2/c1-2-26-17(12-8-7-11(20)9-13(12)21)24-25-19(26)28-10-16(27)23-18-22-14-5-3-4-6-15(14)29-18/h3-9H,2,10H2,1H3,(H,22,23,27). The van der Waals surface area contributed by atoms with Crippen molar-refractivity contribution in [1.82, 2.24) is 19.7 Å². The molecule has 0 spiro atoms. The Morgan fingerprint density at radius 2 is 2.03 bits per heavy atom. The van der Waals surface area contributed by atoms with Gasteiger partial charge in [-0.25, -0.2) is 4.98 Å². The Morgan fingerprint density at radius 1 is 1.21 bits per heavy atom. The Labute approximate surface area is 185 Å². The molecule has 10 heteroatoms. The first-order valence-corrected chi connectivity index (χ1v) is 11.3. The van der Waals surface area contributed by atoms with E-state index in [1.165, 1.54) is 23.1 Å². The van der Waals surface area contributed by atoms with E-state index >= 15 is 0 Å².